The molecule has 3 nitrogen and oxygen atoms in total. The molecule has 0 aliphatic rings. The van der Waals surface area contributed by atoms with Gasteiger partial charge in [0, 0.05) is 23.2 Å². The van der Waals surface area contributed by atoms with E-state index in [0.717, 1.165) is 29.0 Å². The van der Waals surface area contributed by atoms with Gasteiger partial charge in [-0.3, -0.25) is 4.98 Å². The minimum Gasteiger partial charge on any atom is -0.459 e. The maximum atomic E-state index is 6.04. The van der Waals surface area contributed by atoms with Gasteiger partial charge < -0.3 is 9.73 Å². The van der Waals surface area contributed by atoms with E-state index in [9.17, 15) is 0 Å². The Hall–Kier alpha value is -2.13. The lowest BCUT2D eigenvalue weighted by atomic mass is 9.95. The first kappa shape index (κ1) is 13.8. The predicted octanol–water partition coefficient (Wildman–Crippen LogP) is 4.28. The third-order valence-corrected chi connectivity index (χ3v) is 3.83. The number of furan rings is 1. The van der Waals surface area contributed by atoms with Gasteiger partial charge >= 0.3 is 0 Å². The summed E-state index contributed by atoms with van der Waals surface area (Å²) in [5.74, 6) is 1.21. The number of rotatable bonds is 5. The van der Waals surface area contributed by atoms with Gasteiger partial charge in [0.05, 0.1) is 6.04 Å². The fraction of sp³-hybridized carbons (Fsp3) is 0.278. The Kier molecular flexibility index (Phi) is 4.02. The normalized spacial score (nSPS) is 14.2. The lowest BCUT2D eigenvalue weighted by Crippen LogP contribution is -2.25. The number of aromatic nitrogens is 1. The van der Waals surface area contributed by atoms with E-state index in [1.54, 1.807) is 0 Å². The van der Waals surface area contributed by atoms with Crippen molar-refractivity contribution < 1.29 is 4.42 Å². The Labute approximate surface area is 125 Å². The lowest BCUT2D eigenvalue weighted by molar-refractivity contribution is 0.391. The first-order valence-corrected chi connectivity index (χ1v) is 7.42. The molecule has 2 unspecified atom stereocenters. The topological polar surface area (TPSA) is 38.1 Å². The second-order valence-electron chi connectivity index (χ2n) is 5.27. The van der Waals surface area contributed by atoms with Gasteiger partial charge in [0.15, 0.2) is 0 Å². The average molecular weight is 280 g/mol. The summed E-state index contributed by atoms with van der Waals surface area (Å²) in [4.78, 5) is 4.48. The minimum atomic E-state index is 0.122. The van der Waals surface area contributed by atoms with Gasteiger partial charge in [-0.1, -0.05) is 38.1 Å². The van der Waals surface area contributed by atoms with Crippen LogP contribution < -0.4 is 5.32 Å². The van der Waals surface area contributed by atoms with Gasteiger partial charge in [0.25, 0.3) is 0 Å². The maximum absolute atomic E-state index is 6.04. The van der Waals surface area contributed by atoms with Crippen LogP contribution in [0.3, 0.4) is 0 Å². The van der Waals surface area contributed by atoms with E-state index in [4.69, 9.17) is 4.42 Å². The molecule has 1 aromatic carbocycles. The fourth-order valence-corrected chi connectivity index (χ4v) is 2.72. The molecule has 1 N–H and O–H groups in total. The third-order valence-electron chi connectivity index (χ3n) is 3.83. The predicted molar refractivity (Wildman–Crippen MR) is 85.3 cm³/mol. The van der Waals surface area contributed by atoms with Crippen LogP contribution in [0.2, 0.25) is 0 Å². The van der Waals surface area contributed by atoms with Gasteiger partial charge in [0.2, 0.25) is 0 Å². The smallest absolute Gasteiger partial charge is 0.134 e. The van der Waals surface area contributed by atoms with Crippen molar-refractivity contribution >= 4 is 11.0 Å². The summed E-state index contributed by atoms with van der Waals surface area (Å²) in [6.07, 6.45) is 1.84. The van der Waals surface area contributed by atoms with Crippen LogP contribution in [0.5, 0.6) is 0 Å². The summed E-state index contributed by atoms with van der Waals surface area (Å²) in [5.41, 5.74) is 2.01. The first-order valence-electron chi connectivity index (χ1n) is 7.42. The molecule has 0 bridgehead atoms. The second-order valence-corrected chi connectivity index (χ2v) is 5.27. The number of para-hydroxylation sites is 1. The second kappa shape index (κ2) is 6.10. The standard InChI is InChI=1S/C18H20N2O/c1-3-19-18(13(2)15-9-6-7-11-20-15)17-12-14-8-4-5-10-16(14)21-17/h4-13,18-19H,3H2,1-2H3. The summed E-state index contributed by atoms with van der Waals surface area (Å²) in [5, 5.41) is 4.67. The number of hydrogen-bond donors (Lipinski definition) is 1. The summed E-state index contributed by atoms with van der Waals surface area (Å²) >= 11 is 0. The van der Waals surface area contributed by atoms with Crippen molar-refractivity contribution in [3.8, 4) is 0 Å². The quantitative estimate of drug-likeness (QED) is 0.758. The Morgan fingerprint density at radius 3 is 2.67 bits per heavy atom. The largest absolute Gasteiger partial charge is 0.459 e. The van der Waals surface area contributed by atoms with E-state index < -0.39 is 0 Å². The van der Waals surface area contributed by atoms with Crippen molar-refractivity contribution in [2.75, 3.05) is 6.54 Å². The molecular weight excluding hydrogens is 260 g/mol. The molecule has 0 aliphatic heterocycles. The summed E-state index contributed by atoms with van der Waals surface area (Å²) in [6, 6.07) is 16.4. The fourth-order valence-electron chi connectivity index (χ4n) is 2.72. The van der Waals surface area contributed by atoms with Gasteiger partial charge in [-0.15, -0.1) is 0 Å². The summed E-state index contributed by atoms with van der Waals surface area (Å²) in [7, 11) is 0. The van der Waals surface area contributed by atoms with Gasteiger partial charge in [-0.05, 0) is 30.8 Å². The Balaban J connectivity index is 1.97. The van der Waals surface area contributed by atoms with E-state index >= 15 is 0 Å². The molecule has 3 heteroatoms. The number of hydrogen-bond acceptors (Lipinski definition) is 3. The molecule has 0 fully saturated rings. The molecule has 0 saturated carbocycles. The minimum absolute atomic E-state index is 0.122. The summed E-state index contributed by atoms with van der Waals surface area (Å²) in [6.45, 7) is 5.18. The zero-order valence-electron chi connectivity index (χ0n) is 12.4. The van der Waals surface area contributed by atoms with Crippen molar-refractivity contribution in [3.05, 3.63) is 66.2 Å². The number of pyridine rings is 1. The van der Waals surface area contributed by atoms with E-state index in [2.05, 4.69) is 42.3 Å². The first-order chi connectivity index (χ1) is 10.3. The van der Waals surface area contributed by atoms with Crippen molar-refractivity contribution in [3.63, 3.8) is 0 Å². The monoisotopic (exact) mass is 280 g/mol. The zero-order chi connectivity index (χ0) is 14.7. The highest BCUT2D eigenvalue weighted by Crippen LogP contribution is 2.32. The van der Waals surface area contributed by atoms with Crippen LogP contribution in [0.15, 0.2) is 59.1 Å². The van der Waals surface area contributed by atoms with Gasteiger partial charge in [-0.25, -0.2) is 0 Å². The Bertz CT molecular complexity index is 672. The highest BCUT2D eigenvalue weighted by Gasteiger charge is 2.24. The number of fused-ring (bicyclic) bond motifs is 1. The lowest BCUT2D eigenvalue weighted by Gasteiger charge is -2.22. The van der Waals surface area contributed by atoms with Crippen molar-refractivity contribution in [1.82, 2.24) is 10.3 Å². The van der Waals surface area contributed by atoms with Gasteiger partial charge in [-0.2, -0.15) is 0 Å². The number of benzene rings is 1. The third kappa shape index (κ3) is 2.83. The molecule has 2 heterocycles. The molecule has 0 radical (unpaired) electrons. The molecule has 21 heavy (non-hydrogen) atoms. The van der Waals surface area contributed by atoms with Crippen LogP contribution >= 0.6 is 0 Å². The van der Waals surface area contributed by atoms with Crippen LogP contribution in [0, 0.1) is 0 Å². The zero-order valence-corrected chi connectivity index (χ0v) is 12.4. The summed E-state index contributed by atoms with van der Waals surface area (Å²) < 4.78 is 6.04. The van der Waals surface area contributed by atoms with E-state index in [1.165, 1.54) is 0 Å². The Morgan fingerprint density at radius 2 is 1.95 bits per heavy atom. The van der Waals surface area contributed by atoms with Crippen LogP contribution in [0.1, 0.15) is 37.3 Å². The molecule has 0 aliphatic carbocycles. The maximum Gasteiger partial charge on any atom is 0.134 e. The molecule has 3 rings (SSSR count). The SMILES string of the molecule is CCNC(c1cc2ccccc2o1)C(C)c1ccccn1. The average Bonchev–Trinajstić information content (AvgIpc) is 2.96. The van der Waals surface area contributed by atoms with Crippen LogP contribution in [-0.2, 0) is 0 Å². The van der Waals surface area contributed by atoms with Crippen molar-refractivity contribution in [2.24, 2.45) is 0 Å². The van der Waals surface area contributed by atoms with Crippen LogP contribution in [0.4, 0.5) is 0 Å². The molecule has 0 amide bonds. The number of likely N-dealkylation sites (N-methyl/N-ethyl adjacent to an activating group) is 1. The molecular formula is C18H20N2O. The molecule has 2 aromatic heterocycles. The van der Waals surface area contributed by atoms with Crippen LogP contribution in [0.25, 0.3) is 11.0 Å². The molecule has 108 valence electrons. The van der Waals surface area contributed by atoms with Crippen LogP contribution in [-0.4, -0.2) is 11.5 Å². The van der Waals surface area contributed by atoms with Crippen molar-refractivity contribution in [2.45, 2.75) is 25.8 Å². The van der Waals surface area contributed by atoms with E-state index in [0.29, 0.717) is 0 Å². The van der Waals surface area contributed by atoms with Crippen molar-refractivity contribution in [1.29, 1.82) is 0 Å². The van der Waals surface area contributed by atoms with E-state index in [1.807, 2.05) is 36.5 Å². The Morgan fingerprint density at radius 1 is 1.14 bits per heavy atom. The highest BCUT2D eigenvalue weighted by atomic mass is 16.3. The molecule has 3 aromatic rings. The molecule has 0 saturated heterocycles. The van der Waals surface area contributed by atoms with Gasteiger partial charge in [0.1, 0.15) is 11.3 Å². The molecule has 0 spiro atoms. The van der Waals surface area contributed by atoms with E-state index in [-0.39, 0.29) is 12.0 Å². The number of nitrogens with zero attached hydrogens (tertiary/aromatic N) is 1. The molecule has 2 atom stereocenters. The highest BCUT2D eigenvalue weighted by molar-refractivity contribution is 5.77. The number of nitrogens with one attached hydrogen (secondary N) is 1.